The Bertz CT molecular complexity index is 838. The lowest BCUT2D eigenvalue weighted by Crippen LogP contribution is -2.29. The third-order valence-corrected chi connectivity index (χ3v) is 2.90. The number of aromatic amines is 1. The summed E-state index contributed by atoms with van der Waals surface area (Å²) in [5.41, 5.74) is -2.52. The molecule has 1 heterocycles. The molecule has 9 heteroatoms. The fraction of sp³-hybridized carbons (Fsp3) is 0.308. The van der Waals surface area contributed by atoms with Gasteiger partial charge in [0.1, 0.15) is 5.39 Å². The summed E-state index contributed by atoms with van der Waals surface area (Å²) in [4.78, 5) is 39.6. The van der Waals surface area contributed by atoms with Crippen LogP contribution in [-0.4, -0.2) is 20.8 Å². The van der Waals surface area contributed by atoms with Crippen LogP contribution in [-0.2, 0) is 4.79 Å². The van der Waals surface area contributed by atoms with Crippen LogP contribution in [0.5, 0.6) is 0 Å². The predicted octanol–water partition coefficient (Wildman–Crippen LogP) is 1.95. The van der Waals surface area contributed by atoms with Crippen molar-refractivity contribution in [3.05, 3.63) is 38.4 Å². The average Bonchev–Trinajstić information content (AvgIpc) is 2.36. The van der Waals surface area contributed by atoms with Crippen molar-refractivity contribution in [2.45, 2.75) is 20.8 Å². The summed E-state index contributed by atoms with van der Waals surface area (Å²) in [5, 5.41) is 12.6. The summed E-state index contributed by atoms with van der Waals surface area (Å²) < 4.78 is 14.0. The fourth-order valence-electron chi connectivity index (χ4n) is 1.68. The van der Waals surface area contributed by atoms with Gasteiger partial charge < -0.3 is 0 Å². The first-order valence-electron chi connectivity index (χ1n) is 6.29. The molecule has 0 fully saturated rings. The van der Waals surface area contributed by atoms with Crippen molar-refractivity contribution in [3.63, 3.8) is 0 Å². The third-order valence-electron chi connectivity index (χ3n) is 2.90. The van der Waals surface area contributed by atoms with Gasteiger partial charge in [-0.1, -0.05) is 20.8 Å². The van der Waals surface area contributed by atoms with Crippen molar-refractivity contribution >= 4 is 28.4 Å². The maximum atomic E-state index is 14.0. The number of amides is 1. The summed E-state index contributed by atoms with van der Waals surface area (Å²) in [6.07, 6.45) is 0. The number of nitro groups is 1. The van der Waals surface area contributed by atoms with Gasteiger partial charge in [-0.25, -0.2) is 4.98 Å². The van der Waals surface area contributed by atoms with E-state index in [0.29, 0.717) is 0 Å². The minimum Gasteiger partial charge on any atom is -0.296 e. The van der Waals surface area contributed by atoms with Crippen LogP contribution in [0.3, 0.4) is 0 Å². The van der Waals surface area contributed by atoms with Gasteiger partial charge in [-0.3, -0.25) is 30.0 Å². The van der Waals surface area contributed by atoms with Gasteiger partial charge in [-0.05, 0) is 6.07 Å². The van der Waals surface area contributed by atoms with E-state index in [1.54, 1.807) is 20.8 Å². The molecule has 116 valence electrons. The first kappa shape index (κ1) is 15.5. The fourth-order valence-corrected chi connectivity index (χ4v) is 1.68. The zero-order chi connectivity index (χ0) is 16.7. The lowest BCUT2D eigenvalue weighted by molar-refractivity contribution is -0.387. The van der Waals surface area contributed by atoms with Crippen molar-refractivity contribution in [1.29, 1.82) is 0 Å². The summed E-state index contributed by atoms with van der Waals surface area (Å²) >= 11 is 0. The molecule has 0 saturated heterocycles. The first-order chi connectivity index (χ1) is 10.1. The van der Waals surface area contributed by atoms with Gasteiger partial charge in [0.2, 0.25) is 17.7 Å². The Hall–Kier alpha value is -2.84. The molecule has 1 amide bonds. The van der Waals surface area contributed by atoms with Gasteiger partial charge in [0.05, 0.1) is 10.4 Å². The highest BCUT2D eigenvalue weighted by molar-refractivity contribution is 5.94. The number of H-pyrrole nitrogens is 1. The van der Waals surface area contributed by atoms with E-state index >= 15 is 0 Å². The molecule has 0 bridgehead atoms. The Labute approximate surface area is 123 Å². The van der Waals surface area contributed by atoms with E-state index in [-0.39, 0.29) is 11.5 Å². The van der Waals surface area contributed by atoms with Crippen LogP contribution in [0.15, 0.2) is 16.9 Å². The Morgan fingerprint density at radius 3 is 2.59 bits per heavy atom. The molecule has 1 aromatic heterocycles. The van der Waals surface area contributed by atoms with Crippen molar-refractivity contribution in [2.75, 3.05) is 5.32 Å². The molecule has 2 aromatic rings. The minimum absolute atomic E-state index is 0.0870. The molecule has 0 aliphatic rings. The van der Waals surface area contributed by atoms with Gasteiger partial charge in [0, 0.05) is 11.5 Å². The topological polar surface area (TPSA) is 118 Å². The van der Waals surface area contributed by atoms with Gasteiger partial charge in [0.25, 0.3) is 5.56 Å². The highest BCUT2D eigenvalue weighted by Crippen LogP contribution is 2.23. The molecule has 22 heavy (non-hydrogen) atoms. The van der Waals surface area contributed by atoms with E-state index < -0.39 is 38.7 Å². The summed E-state index contributed by atoms with van der Waals surface area (Å²) in [7, 11) is 0. The van der Waals surface area contributed by atoms with Crippen LogP contribution >= 0.6 is 0 Å². The number of rotatable bonds is 2. The monoisotopic (exact) mass is 308 g/mol. The van der Waals surface area contributed by atoms with E-state index in [1.807, 2.05) is 0 Å². The molecular formula is C13H13FN4O4. The number of benzene rings is 1. The average molecular weight is 308 g/mol. The van der Waals surface area contributed by atoms with Crippen LogP contribution in [0.4, 0.5) is 16.0 Å². The smallest absolute Gasteiger partial charge is 0.296 e. The number of carbonyl (C=O) groups is 1. The molecule has 0 radical (unpaired) electrons. The maximum Gasteiger partial charge on any atom is 0.305 e. The Morgan fingerprint density at radius 2 is 2.05 bits per heavy atom. The predicted molar refractivity (Wildman–Crippen MR) is 77.1 cm³/mol. The number of anilines is 1. The number of halogens is 1. The number of fused-ring (bicyclic) bond motifs is 1. The summed E-state index contributed by atoms with van der Waals surface area (Å²) in [5.74, 6) is -1.80. The second kappa shape index (κ2) is 5.17. The summed E-state index contributed by atoms with van der Waals surface area (Å²) in [6.45, 7) is 5.01. The molecular weight excluding hydrogens is 295 g/mol. The number of nitrogens with one attached hydrogen (secondary N) is 2. The standard InChI is InChI=1S/C13H13FN4O4/c1-13(2,3)11(20)17-12-15-6-4-5-7(18(21)22)9(14)8(6)10(19)16-12/h4-5H,1-3H3,(H2,15,16,17,19,20). The molecule has 2 N–H and O–H groups in total. The Balaban J connectivity index is 2.56. The molecule has 0 unspecified atom stereocenters. The summed E-state index contributed by atoms with van der Waals surface area (Å²) in [6, 6.07) is 2.07. The second-order valence-corrected chi connectivity index (χ2v) is 5.67. The lowest BCUT2D eigenvalue weighted by Gasteiger charge is -2.16. The minimum atomic E-state index is -1.26. The van der Waals surface area contributed by atoms with Crippen LogP contribution < -0.4 is 10.9 Å². The van der Waals surface area contributed by atoms with E-state index in [9.17, 15) is 24.1 Å². The molecule has 0 spiro atoms. The quantitative estimate of drug-likeness (QED) is 0.649. The molecule has 0 aliphatic heterocycles. The molecule has 2 rings (SSSR count). The van der Waals surface area contributed by atoms with E-state index in [2.05, 4.69) is 15.3 Å². The van der Waals surface area contributed by atoms with E-state index in [4.69, 9.17) is 0 Å². The number of nitro benzene ring substituents is 1. The highest BCUT2D eigenvalue weighted by atomic mass is 19.1. The van der Waals surface area contributed by atoms with E-state index in [1.165, 1.54) is 0 Å². The van der Waals surface area contributed by atoms with Crippen LogP contribution in [0.25, 0.3) is 10.9 Å². The first-order valence-corrected chi connectivity index (χ1v) is 6.29. The number of aromatic nitrogens is 2. The normalized spacial score (nSPS) is 11.5. The molecule has 1 aromatic carbocycles. The van der Waals surface area contributed by atoms with Crippen molar-refractivity contribution < 1.29 is 14.1 Å². The SMILES string of the molecule is CC(C)(C)C(=O)Nc1nc2ccc([N+](=O)[O-])c(F)c2c(=O)[nH]1. The molecule has 8 nitrogen and oxygen atoms in total. The van der Waals surface area contributed by atoms with E-state index in [0.717, 1.165) is 12.1 Å². The van der Waals surface area contributed by atoms with Crippen molar-refractivity contribution in [2.24, 2.45) is 5.41 Å². The zero-order valence-electron chi connectivity index (χ0n) is 12.1. The maximum absolute atomic E-state index is 14.0. The Morgan fingerprint density at radius 1 is 1.41 bits per heavy atom. The van der Waals surface area contributed by atoms with Gasteiger partial charge >= 0.3 is 5.69 Å². The number of hydrogen-bond acceptors (Lipinski definition) is 5. The van der Waals surface area contributed by atoms with Crippen molar-refractivity contribution in [1.82, 2.24) is 9.97 Å². The van der Waals surface area contributed by atoms with Crippen LogP contribution in [0, 0.1) is 21.3 Å². The highest BCUT2D eigenvalue weighted by Gasteiger charge is 2.24. The Kier molecular flexibility index (Phi) is 3.65. The van der Waals surface area contributed by atoms with Crippen LogP contribution in [0.2, 0.25) is 0 Å². The zero-order valence-corrected chi connectivity index (χ0v) is 12.1. The molecule has 0 saturated carbocycles. The lowest BCUT2D eigenvalue weighted by atomic mass is 9.96. The van der Waals surface area contributed by atoms with Gasteiger partial charge in [0.15, 0.2) is 0 Å². The second-order valence-electron chi connectivity index (χ2n) is 5.67. The molecule has 0 aliphatic carbocycles. The molecule has 0 atom stereocenters. The third kappa shape index (κ3) is 2.78. The van der Waals surface area contributed by atoms with Gasteiger partial charge in [-0.2, -0.15) is 4.39 Å². The van der Waals surface area contributed by atoms with Crippen LogP contribution in [0.1, 0.15) is 20.8 Å². The van der Waals surface area contributed by atoms with Gasteiger partial charge in [-0.15, -0.1) is 0 Å². The number of nitrogens with zero attached hydrogens (tertiary/aromatic N) is 2. The van der Waals surface area contributed by atoms with Crippen molar-refractivity contribution in [3.8, 4) is 0 Å². The number of hydrogen-bond donors (Lipinski definition) is 2. The number of carbonyl (C=O) groups excluding carboxylic acids is 1. The largest absolute Gasteiger partial charge is 0.305 e.